The second kappa shape index (κ2) is 4.29. The first-order valence-electron chi connectivity index (χ1n) is 5.87. The summed E-state index contributed by atoms with van der Waals surface area (Å²) >= 11 is 0. The molecule has 1 fully saturated rings. The molecule has 0 amide bonds. The van der Waals surface area contributed by atoms with Gasteiger partial charge in [0.15, 0.2) is 0 Å². The van der Waals surface area contributed by atoms with Crippen LogP contribution in [-0.2, 0) is 14.3 Å². The Morgan fingerprint density at radius 1 is 1.22 bits per heavy atom. The summed E-state index contributed by atoms with van der Waals surface area (Å²) in [7, 11) is 0. The molecule has 18 heavy (non-hydrogen) atoms. The Balaban J connectivity index is 1.58. The fraction of sp³-hybridized carbons (Fsp3) is 0.286. The van der Waals surface area contributed by atoms with Crippen molar-refractivity contribution in [2.24, 2.45) is 11.8 Å². The smallest absolute Gasteiger partial charge is 0.338 e. The van der Waals surface area contributed by atoms with Gasteiger partial charge in [0.05, 0.1) is 11.5 Å². The molecule has 0 radical (unpaired) electrons. The Hall–Kier alpha value is -2.10. The fourth-order valence-corrected chi connectivity index (χ4v) is 2.21. The molecule has 0 aromatic heterocycles. The highest BCUT2D eigenvalue weighted by molar-refractivity contribution is 5.89. The van der Waals surface area contributed by atoms with Crippen LogP contribution in [0.5, 0.6) is 0 Å². The molecule has 4 heteroatoms. The zero-order valence-electron chi connectivity index (χ0n) is 9.61. The molecule has 2 aliphatic rings. The van der Waals surface area contributed by atoms with E-state index >= 15 is 0 Å². The van der Waals surface area contributed by atoms with E-state index in [1.165, 1.54) is 0 Å². The zero-order chi connectivity index (χ0) is 12.5. The first kappa shape index (κ1) is 11.0. The van der Waals surface area contributed by atoms with Gasteiger partial charge in [-0.25, -0.2) is 4.79 Å². The maximum atomic E-state index is 11.7. The van der Waals surface area contributed by atoms with E-state index in [1.807, 2.05) is 18.2 Å². The first-order valence-corrected chi connectivity index (χ1v) is 5.87. The minimum Gasteiger partial charge on any atom is -0.458 e. The van der Waals surface area contributed by atoms with Crippen LogP contribution in [0.25, 0.3) is 0 Å². The predicted molar refractivity (Wildman–Crippen MR) is 62.7 cm³/mol. The first-order chi connectivity index (χ1) is 8.75. The summed E-state index contributed by atoms with van der Waals surface area (Å²) in [4.78, 5) is 23.1. The van der Waals surface area contributed by atoms with E-state index in [9.17, 15) is 9.59 Å². The molecule has 1 aliphatic carbocycles. The van der Waals surface area contributed by atoms with Gasteiger partial charge < -0.3 is 9.47 Å². The van der Waals surface area contributed by atoms with Crippen LogP contribution in [0.3, 0.4) is 0 Å². The molecule has 3 atom stereocenters. The molecule has 1 aromatic carbocycles. The van der Waals surface area contributed by atoms with Crippen molar-refractivity contribution in [3.63, 3.8) is 0 Å². The molecule has 1 heterocycles. The van der Waals surface area contributed by atoms with Gasteiger partial charge in [0.25, 0.3) is 0 Å². The lowest BCUT2D eigenvalue weighted by molar-refractivity contribution is -0.144. The van der Waals surface area contributed by atoms with E-state index in [-0.39, 0.29) is 30.5 Å². The van der Waals surface area contributed by atoms with Crippen LogP contribution in [0.4, 0.5) is 0 Å². The molecule has 0 unspecified atom stereocenters. The molecular formula is C14H12O4. The number of ether oxygens (including phenoxy) is 2. The van der Waals surface area contributed by atoms with Crippen LogP contribution in [0, 0.1) is 11.8 Å². The quantitative estimate of drug-likeness (QED) is 0.598. The van der Waals surface area contributed by atoms with Gasteiger partial charge in [-0.15, -0.1) is 0 Å². The monoisotopic (exact) mass is 244 g/mol. The molecule has 3 rings (SSSR count). The summed E-state index contributed by atoms with van der Waals surface area (Å²) in [5.74, 6) is -0.673. The molecule has 4 nitrogen and oxygen atoms in total. The Kier molecular flexibility index (Phi) is 2.63. The van der Waals surface area contributed by atoms with Crippen LogP contribution in [0.15, 0.2) is 42.5 Å². The number of benzene rings is 1. The van der Waals surface area contributed by atoms with Crippen molar-refractivity contribution in [1.29, 1.82) is 0 Å². The third-order valence-corrected chi connectivity index (χ3v) is 3.31. The summed E-state index contributed by atoms with van der Waals surface area (Å²) in [5.41, 5.74) is 0.502. The van der Waals surface area contributed by atoms with Crippen LogP contribution in [-0.4, -0.2) is 24.6 Å². The average Bonchev–Trinajstić information content (AvgIpc) is 2.55. The van der Waals surface area contributed by atoms with Crippen LogP contribution in [0.2, 0.25) is 0 Å². The van der Waals surface area contributed by atoms with E-state index in [4.69, 9.17) is 9.47 Å². The number of esters is 2. The van der Waals surface area contributed by atoms with Gasteiger partial charge in [0.2, 0.25) is 0 Å². The Labute approximate surface area is 104 Å². The fourth-order valence-electron chi connectivity index (χ4n) is 2.21. The van der Waals surface area contributed by atoms with Crippen molar-refractivity contribution in [1.82, 2.24) is 0 Å². The molecule has 1 aromatic rings. The number of carbonyl (C=O) groups is 2. The van der Waals surface area contributed by atoms with Gasteiger partial charge in [-0.05, 0) is 12.1 Å². The summed E-state index contributed by atoms with van der Waals surface area (Å²) in [6.45, 7) is 0.116. The van der Waals surface area contributed by atoms with E-state index < -0.39 is 5.97 Å². The largest absolute Gasteiger partial charge is 0.458 e. The molecule has 0 saturated carbocycles. The van der Waals surface area contributed by atoms with Crippen molar-refractivity contribution in [2.45, 2.75) is 6.10 Å². The van der Waals surface area contributed by atoms with Gasteiger partial charge in [-0.1, -0.05) is 30.4 Å². The maximum Gasteiger partial charge on any atom is 0.338 e. The Bertz CT molecular complexity index is 506. The lowest BCUT2D eigenvalue weighted by Gasteiger charge is -2.21. The van der Waals surface area contributed by atoms with E-state index in [1.54, 1.807) is 24.3 Å². The molecule has 1 aliphatic heterocycles. The van der Waals surface area contributed by atoms with Gasteiger partial charge in [0.1, 0.15) is 12.7 Å². The van der Waals surface area contributed by atoms with Crippen LogP contribution in [0.1, 0.15) is 10.4 Å². The SMILES string of the molecule is O=C(OC[C@H]1OC(=O)[C@H]2C=C[C@H]21)c1ccccc1. The van der Waals surface area contributed by atoms with E-state index in [2.05, 4.69) is 0 Å². The molecule has 0 N–H and O–H groups in total. The minimum absolute atomic E-state index is 0.0704. The maximum absolute atomic E-state index is 11.7. The lowest BCUT2D eigenvalue weighted by atomic mass is 9.81. The third kappa shape index (κ3) is 1.79. The summed E-state index contributed by atoms with van der Waals surface area (Å²) in [6, 6.07) is 8.76. The highest BCUT2D eigenvalue weighted by atomic mass is 16.6. The molecule has 92 valence electrons. The van der Waals surface area contributed by atoms with Crippen LogP contribution < -0.4 is 0 Å². The minimum atomic E-state index is -0.390. The molecular weight excluding hydrogens is 232 g/mol. The van der Waals surface area contributed by atoms with Gasteiger partial charge in [-0.3, -0.25) is 4.79 Å². The van der Waals surface area contributed by atoms with Gasteiger partial charge in [-0.2, -0.15) is 0 Å². The normalized spacial score (nSPS) is 28.2. The van der Waals surface area contributed by atoms with E-state index in [0.29, 0.717) is 5.56 Å². The van der Waals surface area contributed by atoms with Crippen molar-refractivity contribution in [3.8, 4) is 0 Å². The Morgan fingerprint density at radius 3 is 2.61 bits per heavy atom. The zero-order valence-corrected chi connectivity index (χ0v) is 9.61. The van der Waals surface area contributed by atoms with Crippen molar-refractivity contribution in [2.75, 3.05) is 6.61 Å². The second-order valence-corrected chi connectivity index (χ2v) is 4.43. The highest BCUT2D eigenvalue weighted by Gasteiger charge is 2.46. The molecule has 1 saturated heterocycles. The standard InChI is InChI=1S/C14H12O4/c15-13(9-4-2-1-3-5-9)17-8-12-10-6-7-11(10)14(16)18-12/h1-7,10-12H,8H2/t10-,11+,12-/m1/s1. The van der Waals surface area contributed by atoms with Gasteiger partial charge >= 0.3 is 11.9 Å². The number of fused-ring (bicyclic) bond motifs is 1. The van der Waals surface area contributed by atoms with Gasteiger partial charge in [0, 0.05) is 5.92 Å². The predicted octanol–water partition coefficient (Wildman–Crippen LogP) is 1.57. The number of carbonyl (C=O) groups excluding carboxylic acids is 2. The van der Waals surface area contributed by atoms with Crippen molar-refractivity contribution in [3.05, 3.63) is 48.0 Å². The number of cyclic esters (lactones) is 1. The number of hydrogen-bond donors (Lipinski definition) is 0. The average molecular weight is 244 g/mol. The van der Waals surface area contributed by atoms with Crippen molar-refractivity contribution >= 4 is 11.9 Å². The molecule has 0 spiro atoms. The van der Waals surface area contributed by atoms with Crippen LogP contribution >= 0.6 is 0 Å². The number of hydrogen-bond acceptors (Lipinski definition) is 4. The lowest BCUT2D eigenvalue weighted by Crippen LogP contribution is -2.28. The second-order valence-electron chi connectivity index (χ2n) is 4.43. The van der Waals surface area contributed by atoms with Crippen molar-refractivity contribution < 1.29 is 19.1 Å². The Morgan fingerprint density at radius 2 is 2.00 bits per heavy atom. The summed E-state index contributed by atoms with van der Waals surface area (Å²) in [6.07, 6.45) is 3.42. The third-order valence-electron chi connectivity index (χ3n) is 3.31. The molecule has 0 bridgehead atoms. The topological polar surface area (TPSA) is 52.6 Å². The summed E-state index contributed by atoms with van der Waals surface area (Å²) < 4.78 is 10.3. The number of rotatable bonds is 3. The summed E-state index contributed by atoms with van der Waals surface area (Å²) in [5, 5.41) is 0. The highest BCUT2D eigenvalue weighted by Crippen LogP contribution is 2.37. The van der Waals surface area contributed by atoms with E-state index in [0.717, 1.165) is 0 Å².